The highest BCUT2D eigenvalue weighted by molar-refractivity contribution is 7.15. The second-order valence-electron chi connectivity index (χ2n) is 9.17. The van der Waals surface area contributed by atoms with Crippen LogP contribution in [-0.2, 0) is 4.79 Å². The highest BCUT2D eigenvalue weighted by Crippen LogP contribution is 2.55. The van der Waals surface area contributed by atoms with Crippen molar-refractivity contribution in [1.29, 1.82) is 0 Å². The Hall–Kier alpha value is -1.63. The molecule has 0 aromatic carbocycles. The quantitative estimate of drug-likeness (QED) is 0.803. The van der Waals surface area contributed by atoms with Crippen molar-refractivity contribution >= 4 is 28.4 Å². The second-order valence-corrected chi connectivity index (χ2v) is 10.4. The number of thiazole rings is 1. The van der Waals surface area contributed by atoms with E-state index in [4.69, 9.17) is 0 Å². The Morgan fingerprint density at radius 2 is 1.81 bits per heavy atom. The molecule has 4 fully saturated rings. The summed E-state index contributed by atoms with van der Waals surface area (Å²) in [6.45, 7) is 5.92. The van der Waals surface area contributed by atoms with E-state index in [0.29, 0.717) is 5.13 Å². The van der Waals surface area contributed by atoms with E-state index in [1.807, 2.05) is 20.8 Å². The smallest absolute Gasteiger partial charge is 0.318 e. The molecule has 0 radical (unpaired) electrons. The maximum atomic E-state index is 13.1. The fourth-order valence-corrected chi connectivity index (χ4v) is 6.46. The molecular formula is C20H30N4O2S. The molecule has 0 unspecified atom stereocenters. The van der Waals surface area contributed by atoms with E-state index in [2.05, 4.69) is 15.6 Å². The number of anilines is 1. The summed E-state index contributed by atoms with van der Waals surface area (Å²) in [5, 5.41) is 6.77. The Bertz CT molecular complexity index is 694. The largest absolute Gasteiger partial charge is 0.333 e. The van der Waals surface area contributed by atoms with Crippen LogP contribution in [0.1, 0.15) is 57.2 Å². The highest BCUT2D eigenvalue weighted by Gasteiger charge is 2.51. The molecule has 1 heterocycles. The first-order valence-electron chi connectivity index (χ1n) is 10.1. The molecular weight excluding hydrogens is 360 g/mol. The second kappa shape index (κ2) is 7.08. The van der Waals surface area contributed by atoms with Crippen molar-refractivity contribution < 1.29 is 9.59 Å². The van der Waals surface area contributed by atoms with Crippen LogP contribution < -0.4 is 10.6 Å². The average Bonchev–Trinajstić information content (AvgIpc) is 2.95. The molecule has 4 saturated carbocycles. The van der Waals surface area contributed by atoms with E-state index in [1.165, 1.54) is 30.6 Å². The Kier molecular flexibility index (Phi) is 4.91. The Labute approximate surface area is 165 Å². The predicted molar refractivity (Wildman–Crippen MR) is 107 cm³/mol. The van der Waals surface area contributed by atoms with Crippen molar-refractivity contribution in [3.05, 3.63) is 11.1 Å². The van der Waals surface area contributed by atoms with Gasteiger partial charge in [-0.2, -0.15) is 0 Å². The van der Waals surface area contributed by atoms with E-state index in [-0.39, 0.29) is 30.1 Å². The number of urea groups is 1. The summed E-state index contributed by atoms with van der Waals surface area (Å²) in [5.41, 5.74) is -0.0398. The topological polar surface area (TPSA) is 74.3 Å². The molecule has 0 aliphatic heterocycles. The molecule has 1 aromatic heterocycles. The predicted octanol–water partition coefficient (Wildman–Crippen LogP) is 3.78. The van der Waals surface area contributed by atoms with E-state index < -0.39 is 0 Å². The molecule has 4 aliphatic rings. The minimum atomic E-state index is -0.196. The van der Waals surface area contributed by atoms with Crippen LogP contribution in [-0.4, -0.2) is 39.9 Å². The van der Waals surface area contributed by atoms with Gasteiger partial charge in [0.15, 0.2) is 5.13 Å². The Morgan fingerprint density at radius 3 is 2.30 bits per heavy atom. The molecule has 6 nitrogen and oxygen atoms in total. The third kappa shape index (κ3) is 3.98. The van der Waals surface area contributed by atoms with Crippen molar-refractivity contribution in [3.63, 3.8) is 0 Å². The first-order chi connectivity index (χ1) is 12.8. The van der Waals surface area contributed by atoms with E-state index in [0.717, 1.165) is 41.9 Å². The molecule has 5 rings (SSSR count). The first-order valence-corrected chi connectivity index (χ1v) is 10.9. The van der Waals surface area contributed by atoms with Crippen LogP contribution in [0.4, 0.5) is 9.93 Å². The number of carbonyl (C=O) groups is 2. The molecule has 4 bridgehead atoms. The third-order valence-corrected chi connectivity index (χ3v) is 7.30. The van der Waals surface area contributed by atoms with Crippen LogP contribution in [0.5, 0.6) is 0 Å². The van der Waals surface area contributed by atoms with Crippen molar-refractivity contribution in [3.8, 4) is 0 Å². The third-order valence-electron chi connectivity index (χ3n) is 6.48. The van der Waals surface area contributed by atoms with Crippen LogP contribution in [0, 0.1) is 24.7 Å². The summed E-state index contributed by atoms with van der Waals surface area (Å²) in [7, 11) is 0. The lowest BCUT2D eigenvalue weighted by Crippen LogP contribution is -2.62. The molecule has 7 heteroatoms. The van der Waals surface area contributed by atoms with E-state index in [9.17, 15) is 9.59 Å². The highest BCUT2D eigenvalue weighted by atomic mass is 32.1. The number of nitrogens with zero attached hydrogens (tertiary/aromatic N) is 2. The van der Waals surface area contributed by atoms with Gasteiger partial charge in [0.1, 0.15) is 6.54 Å². The summed E-state index contributed by atoms with van der Waals surface area (Å²) in [5.74, 6) is 2.14. The van der Waals surface area contributed by atoms with Gasteiger partial charge in [-0.3, -0.25) is 4.79 Å². The number of amides is 3. The van der Waals surface area contributed by atoms with Crippen LogP contribution >= 0.6 is 11.3 Å². The van der Waals surface area contributed by atoms with Crippen molar-refractivity contribution in [2.75, 3.05) is 11.9 Å². The fourth-order valence-electron chi connectivity index (χ4n) is 5.78. The van der Waals surface area contributed by atoms with Crippen LogP contribution in [0.3, 0.4) is 0 Å². The maximum Gasteiger partial charge on any atom is 0.318 e. The van der Waals surface area contributed by atoms with Gasteiger partial charge in [-0.05, 0) is 77.0 Å². The molecule has 27 heavy (non-hydrogen) atoms. The molecule has 148 valence electrons. The minimum Gasteiger partial charge on any atom is -0.333 e. The molecule has 0 atom stereocenters. The number of aromatic nitrogens is 1. The van der Waals surface area contributed by atoms with Crippen LogP contribution in [0.2, 0.25) is 0 Å². The zero-order valence-corrected chi connectivity index (χ0v) is 17.3. The fraction of sp³-hybridized carbons (Fsp3) is 0.750. The molecule has 3 amide bonds. The summed E-state index contributed by atoms with van der Waals surface area (Å²) in [6.07, 6.45) is 9.11. The molecule has 0 saturated heterocycles. The lowest BCUT2D eigenvalue weighted by atomic mass is 9.53. The average molecular weight is 391 g/mol. The Balaban J connectivity index is 1.39. The zero-order valence-electron chi connectivity index (χ0n) is 16.5. The molecule has 0 spiro atoms. The Morgan fingerprint density at radius 1 is 1.22 bits per heavy atom. The SMILES string of the molecule is Cc1cnc(NC(=O)CN(C(=O)NC23CC4CC(CC(C4)C2)C3)C(C)C)s1. The van der Waals surface area contributed by atoms with Crippen molar-refractivity contribution in [1.82, 2.24) is 15.2 Å². The van der Waals surface area contributed by atoms with Gasteiger partial charge in [-0.25, -0.2) is 9.78 Å². The van der Waals surface area contributed by atoms with Gasteiger partial charge in [0.05, 0.1) is 0 Å². The summed E-state index contributed by atoms with van der Waals surface area (Å²) >= 11 is 1.44. The van der Waals surface area contributed by atoms with Gasteiger partial charge in [-0.15, -0.1) is 11.3 Å². The van der Waals surface area contributed by atoms with Gasteiger partial charge in [-0.1, -0.05) is 0 Å². The standard InChI is InChI=1S/C20H30N4O2S/c1-12(2)24(11-17(25)22-18-21-10-13(3)27-18)19(26)23-20-7-14-4-15(8-20)6-16(5-14)9-20/h10,12,14-16H,4-9,11H2,1-3H3,(H,23,26)(H,21,22,25). The van der Waals surface area contributed by atoms with Crippen LogP contribution in [0.15, 0.2) is 6.20 Å². The number of carbonyl (C=O) groups excluding carboxylic acids is 2. The normalized spacial score (nSPS) is 31.2. The van der Waals surface area contributed by atoms with E-state index >= 15 is 0 Å². The molecule has 1 aromatic rings. The lowest BCUT2D eigenvalue weighted by Gasteiger charge is -2.57. The number of nitrogens with one attached hydrogen (secondary N) is 2. The number of aryl methyl sites for hydroxylation is 1. The number of rotatable bonds is 5. The summed E-state index contributed by atoms with van der Waals surface area (Å²) in [6, 6.07) is -0.139. The molecule has 2 N–H and O–H groups in total. The zero-order chi connectivity index (χ0) is 19.2. The van der Waals surface area contributed by atoms with Crippen LogP contribution in [0.25, 0.3) is 0 Å². The van der Waals surface area contributed by atoms with Gasteiger partial charge in [0.25, 0.3) is 0 Å². The first kappa shape index (κ1) is 18.7. The number of hydrogen-bond donors (Lipinski definition) is 2. The summed E-state index contributed by atoms with van der Waals surface area (Å²) in [4.78, 5) is 32.4. The number of hydrogen-bond acceptors (Lipinski definition) is 4. The minimum absolute atomic E-state index is 0.0392. The summed E-state index contributed by atoms with van der Waals surface area (Å²) < 4.78 is 0. The van der Waals surface area contributed by atoms with Gasteiger partial charge < -0.3 is 15.5 Å². The van der Waals surface area contributed by atoms with E-state index in [1.54, 1.807) is 11.1 Å². The maximum absolute atomic E-state index is 13.1. The van der Waals surface area contributed by atoms with Crippen molar-refractivity contribution in [2.24, 2.45) is 17.8 Å². The monoisotopic (exact) mass is 390 g/mol. The van der Waals surface area contributed by atoms with Gasteiger partial charge >= 0.3 is 6.03 Å². The van der Waals surface area contributed by atoms with Crippen molar-refractivity contribution in [2.45, 2.75) is 70.9 Å². The lowest BCUT2D eigenvalue weighted by molar-refractivity contribution is -0.117. The molecule has 4 aliphatic carbocycles. The van der Waals surface area contributed by atoms with Gasteiger partial charge in [0, 0.05) is 22.7 Å². The van der Waals surface area contributed by atoms with Gasteiger partial charge in [0.2, 0.25) is 5.91 Å².